The highest BCUT2D eigenvalue weighted by atomic mass is 32.2. The number of methoxy groups -OCH3 is 2. The van der Waals surface area contributed by atoms with E-state index in [0.717, 1.165) is 42.5 Å². The molecule has 0 aliphatic rings. The number of amides is 2. The first kappa shape index (κ1) is 46.8. The molecule has 0 fully saturated rings. The van der Waals surface area contributed by atoms with E-state index in [0.29, 0.717) is 35.0 Å². The van der Waals surface area contributed by atoms with Gasteiger partial charge in [-0.15, -0.1) is 13.2 Å². The standard InChI is InChI=1S/C46H44F4N2O8S2/c1-5-18-51(39-10-14-41(59-3)15-11-39)45(53)33(20-31-22-35(47)26-36(48)23-31)29-61(55,56)43-8-7-9-44(28-43)62(57,58)30-34(21-32-24-37(49)27-38(50)25-32)46(54)52(19-6-2)40-12-16-42(60-4)17-13-40/h5-17,22-28,33-34H,1-2,18-21,29-30H2,3-4H3/t33-,34+. The van der Waals surface area contributed by atoms with Gasteiger partial charge in [0.1, 0.15) is 34.8 Å². The molecule has 0 aliphatic carbocycles. The van der Waals surface area contributed by atoms with Crippen molar-refractivity contribution in [2.24, 2.45) is 11.8 Å². The van der Waals surface area contributed by atoms with Gasteiger partial charge in [0.05, 0.1) is 47.4 Å². The van der Waals surface area contributed by atoms with Crippen molar-refractivity contribution in [1.29, 1.82) is 0 Å². The molecule has 2 amide bonds. The smallest absolute Gasteiger partial charge is 0.231 e. The van der Waals surface area contributed by atoms with Crippen LogP contribution in [0.15, 0.2) is 144 Å². The Morgan fingerprint density at radius 2 is 0.903 bits per heavy atom. The van der Waals surface area contributed by atoms with Gasteiger partial charge >= 0.3 is 0 Å². The van der Waals surface area contributed by atoms with E-state index in [-0.39, 0.29) is 24.2 Å². The van der Waals surface area contributed by atoms with Crippen LogP contribution in [-0.2, 0) is 42.1 Å². The first-order chi connectivity index (χ1) is 29.5. The van der Waals surface area contributed by atoms with Crippen molar-refractivity contribution in [3.63, 3.8) is 0 Å². The van der Waals surface area contributed by atoms with E-state index >= 15 is 0 Å². The Hall–Kier alpha value is -6.26. The van der Waals surface area contributed by atoms with E-state index in [4.69, 9.17) is 9.47 Å². The number of hydrogen-bond donors (Lipinski definition) is 0. The lowest BCUT2D eigenvalue weighted by Gasteiger charge is -2.27. The molecule has 5 aromatic carbocycles. The van der Waals surface area contributed by atoms with Gasteiger partial charge in [0.25, 0.3) is 0 Å². The zero-order valence-corrected chi connectivity index (χ0v) is 35.5. The van der Waals surface area contributed by atoms with Gasteiger partial charge in [-0.05, 0) is 115 Å². The SMILES string of the molecule is C=CCN(C(=O)[C@H](Cc1cc(F)cc(F)c1)CS(=O)(=O)c1cccc(S(=O)(=O)C[C@H](Cc2cc(F)cc(F)c2)C(=O)N(CC=C)c2ccc(OC)cc2)c1)c1ccc(OC)cc1. The topological polar surface area (TPSA) is 127 Å². The fourth-order valence-corrected chi connectivity index (χ4v) is 10.1. The van der Waals surface area contributed by atoms with Crippen LogP contribution in [0.4, 0.5) is 28.9 Å². The average Bonchev–Trinajstić information content (AvgIpc) is 3.23. The molecular weight excluding hydrogens is 849 g/mol. The van der Waals surface area contributed by atoms with Crippen molar-refractivity contribution in [2.75, 3.05) is 48.6 Å². The van der Waals surface area contributed by atoms with Crippen molar-refractivity contribution in [1.82, 2.24) is 0 Å². The maximum Gasteiger partial charge on any atom is 0.231 e. The Bertz CT molecular complexity index is 2420. The maximum atomic E-state index is 14.3. The first-order valence-electron chi connectivity index (χ1n) is 19.0. The second kappa shape index (κ2) is 20.5. The first-order valence-corrected chi connectivity index (χ1v) is 22.4. The number of carbonyl (C=O) groups is 2. The summed E-state index contributed by atoms with van der Waals surface area (Å²) < 4.78 is 125. The summed E-state index contributed by atoms with van der Waals surface area (Å²) in [4.78, 5) is 30.1. The summed E-state index contributed by atoms with van der Waals surface area (Å²) in [5.41, 5.74) is 0.685. The fourth-order valence-electron chi connectivity index (χ4n) is 6.91. The molecule has 0 saturated carbocycles. The van der Waals surface area contributed by atoms with Crippen molar-refractivity contribution >= 4 is 42.9 Å². The summed E-state index contributed by atoms with van der Waals surface area (Å²) >= 11 is 0. The summed E-state index contributed by atoms with van der Waals surface area (Å²) in [6, 6.07) is 22.2. The molecule has 0 aliphatic heterocycles. The van der Waals surface area contributed by atoms with Gasteiger partial charge in [0, 0.05) is 36.6 Å². The van der Waals surface area contributed by atoms with Crippen LogP contribution in [0.2, 0.25) is 0 Å². The largest absolute Gasteiger partial charge is 0.497 e. The van der Waals surface area contributed by atoms with E-state index in [2.05, 4.69) is 13.2 Å². The third-order valence-electron chi connectivity index (χ3n) is 9.80. The van der Waals surface area contributed by atoms with Gasteiger partial charge in [-0.1, -0.05) is 18.2 Å². The minimum Gasteiger partial charge on any atom is -0.497 e. The Kier molecular flexibility index (Phi) is 15.5. The number of sulfone groups is 2. The Morgan fingerprint density at radius 3 is 1.21 bits per heavy atom. The highest BCUT2D eigenvalue weighted by Gasteiger charge is 2.34. The molecule has 10 nitrogen and oxygen atoms in total. The summed E-state index contributed by atoms with van der Waals surface area (Å²) in [6.07, 6.45) is 1.99. The van der Waals surface area contributed by atoms with Crippen LogP contribution >= 0.6 is 0 Å². The molecular formula is C46H44F4N2O8S2. The molecule has 5 aromatic rings. The highest BCUT2D eigenvalue weighted by Crippen LogP contribution is 2.29. The molecule has 0 bridgehead atoms. The average molecular weight is 893 g/mol. The molecule has 0 N–H and O–H groups in total. The Morgan fingerprint density at radius 1 is 0.565 bits per heavy atom. The summed E-state index contributed by atoms with van der Waals surface area (Å²) in [5, 5.41) is 0. The van der Waals surface area contributed by atoms with Crippen LogP contribution < -0.4 is 19.3 Å². The molecule has 16 heteroatoms. The van der Waals surface area contributed by atoms with E-state index < -0.39 is 101 Å². The van der Waals surface area contributed by atoms with Gasteiger partial charge in [0.2, 0.25) is 11.8 Å². The van der Waals surface area contributed by atoms with Gasteiger partial charge in [-0.3, -0.25) is 9.59 Å². The van der Waals surface area contributed by atoms with Gasteiger partial charge in [-0.2, -0.15) is 0 Å². The van der Waals surface area contributed by atoms with Crippen LogP contribution in [0.25, 0.3) is 0 Å². The van der Waals surface area contributed by atoms with Crippen LogP contribution in [0.1, 0.15) is 11.1 Å². The molecule has 0 saturated heterocycles. The van der Waals surface area contributed by atoms with Gasteiger partial charge in [-0.25, -0.2) is 34.4 Å². The number of rotatable bonds is 20. The molecule has 2 atom stereocenters. The predicted molar refractivity (Wildman–Crippen MR) is 229 cm³/mol. The Labute approximate surface area is 358 Å². The second-order valence-corrected chi connectivity index (χ2v) is 18.3. The van der Waals surface area contributed by atoms with Crippen LogP contribution in [-0.4, -0.2) is 67.5 Å². The number of hydrogen-bond acceptors (Lipinski definition) is 8. The summed E-state index contributed by atoms with van der Waals surface area (Å²) in [7, 11) is -6.21. The molecule has 0 spiro atoms. The maximum absolute atomic E-state index is 14.3. The highest BCUT2D eigenvalue weighted by molar-refractivity contribution is 7.92. The van der Waals surface area contributed by atoms with Crippen molar-refractivity contribution in [2.45, 2.75) is 22.6 Å². The molecule has 62 heavy (non-hydrogen) atoms. The van der Waals surface area contributed by atoms with Crippen LogP contribution in [0.5, 0.6) is 11.5 Å². The predicted octanol–water partition coefficient (Wildman–Crippen LogP) is 7.96. The molecule has 0 radical (unpaired) electrons. The minimum atomic E-state index is -4.56. The monoisotopic (exact) mass is 892 g/mol. The van der Waals surface area contributed by atoms with Crippen LogP contribution in [0, 0.1) is 35.1 Å². The number of nitrogens with zero attached hydrogens (tertiary/aromatic N) is 2. The number of benzene rings is 5. The van der Waals surface area contributed by atoms with E-state index in [9.17, 15) is 44.0 Å². The molecule has 326 valence electrons. The Balaban J connectivity index is 1.51. The second-order valence-electron chi connectivity index (χ2n) is 14.3. The lowest BCUT2D eigenvalue weighted by molar-refractivity contribution is -0.122. The molecule has 0 heterocycles. The third kappa shape index (κ3) is 12.0. The zero-order chi connectivity index (χ0) is 45.2. The zero-order valence-electron chi connectivity index (χ0n) is 33.8. The third-order valence-corrected chi connectivity index (χ3v) is 13.4. The van der Waals surface area contributed by atoms with E-state index in [1.807, 2.05) is 0 Å². The van der Waals surface area contributed by atoms with E-state index in [1.165, 1.54) is 42.2 Å². The summed E-state index contributed by atoms with van der Waals surface area (Å²) in [5.74, 6) is -9.01. The van der Waals surface area contributed by atoms with Crippen molar-refractivity contribution in [3.8, 4) is 11.5 Å². The van der Waals surface area contributed by atoms with Gasteiger partial charge < -0.3 is 19.3 Å². The van der Waals surface area contributed by atoms with Crippen molar-refractivity contribution in [3.05, 3.63) is 169 Å². The fraction of sp³-hybridized carbons (Fsp3) is 0.217. The summed E-state index contributed by atoms with van der Waals surface area (Å²) in [6.45, 7) is 7.27. The molecule has 5 rings (SSSR count). The normalized spacial score (nSPS) is 12.5. The molecule has 0 aromatic heterocycles. The quantitative estimate of drug-likeness (QED) is 0.0569. The van der Waals surface area contributed by atoms with Crippen molar-refractivity contribution < 1.29 is 53.5 Å². The number of halogens is 4. The van der Waals surface area contributed by atoms with Crippen LogP contribution in [0.3, 0.4) is 0 Å². The minimum absolute atomic E-state index is 0.00492. The van der Waals surface area contributed by atoms with Gasteiger partial charge in [0.15, 0.2) is 19.7 Å². The number of ether oxygens (including phenoxy) is 2. The number of carbonyl (C=O) groups excluding carboxylic acids is 2. The molecule has 0 unspecified atom stereocenters. The lowest BCUT2D eigenvalue weighted by atomic mass is 9.99. The lowest BCUT2D eigenvalue weighted by Crippen LogP contribution is -2.40. The number of anilines is 2. The van der Waals surface area contributed by atoms with E-state index in [1.54, 1.807) is 48.5 Å².